The molecule has 1 rings (SSSR count). The average molecular weight is 288 g/mol. The van der Waals surface area contributed by atoms with E-state index < -0.39 is 0 Å². The normalized spacial score (nSPS) is 10.1. The summed E-state index contributed by atoms with van der Waals surface area (Å²) in [4.78, 5) is 14.5. The molecule has 0 bridgehead atoms. The molecule has 0 radical (unpaired) electrons. The van der Waals surface area contributed by atoms with E-state index in [0.29, 0.717) is 10.5 Å². The van der Waals surface area contributed by atoms with Crippen LogP contribution in [-0.4, -0.2) is 23.9 Å². The summed E-state index contributed by atoms with van der Waals surface area (Å²) in [5, 5.41) is 0. The summed E-state index contributed by atoms with van der Waals surface area (Å²) >= 11 is 7.64. The zero-order valence-electron chi connectivity index (χ0n) is 8.83. The van der Waals surface area contributed by atoms with Crippen LogP contribution in [0.2, 0.25) is 0 Å². The van der Waals surface area contributed by atoms with Gasteiger partial charge in [-0.15, -0.1) is 12.6 Å². The Balaban J connectivity index is 3.00. The maximum Gasteiger partial charge on any atom is 0.254 e. The molecule has 0 saturated carbocycles. The van der Waals surface area contributed by atoms with Crippen LogP contribution < -0.4 is 0 Å². The van der Waals surface area contributed by atoms with E-state index >= 15 is 0 Å². The highest BCUT2D eigenvalue weighted by Gasteiger charge is 2.14. The molecule has 0 aliphatic carbocycles. The standard InChI is InChI=1S/C11H14BrNOS/c1-3-13(4-2)11(14)9-6-5-8(12)7-10(9)15/h5-7,15H,3-4H2,1-2H3. The fourth-order valence-corrected chi connectivity index (χ4v) is 2.21. The summed E-state index contributed by atoms with van der Waals surface area (Å²) in [7, 11) is 0. The monoisotopic (exact) mass is 287 g/mol. The van der Waals surface area contributed by atoms with Crippen molar-refractivity contribution < 1.29 is 4.79 Å². The molecule has 82 valence electrons. The minimum Gasteiger partial charge on any atom is -0.339 e. The molecule has 2 nitrogen and oxygen atoms in total. The van der Waals surface area contributed by atoms with E-state index in [0.717, 1.165) is 17.6 Å². The molecule has 1 aromatic rings. The minimum absolute atomic E-state index is 0.0394. The van der Waals surface area contributed by atoms with Gasteiger partial charge in [-0.1, -0.05) is 15.9 Å². The molecule has 0 heterocycles. The van der Waals surface area contributed by atoms with Crippen molar-refractivity contribution in [2.45, 2.75) is 18.7 Å². The fourth-order valence-electron chi connectivity index (χ4n) is 1.37. The zero-order chi connectivity index (χ0) is 11.4. The molecular formula is C11H14BrNOS. The molecule has 1 aromatic carbocycles. The zero-order valence-corrected chi connectivity index (χ0v) is 11.3. The van der Waals surface area contributed by atoms with Gasteiger partial charge >= 0.3 is 0 Å². The summed E-state index contributed by atoms with van der Waals surface area (Å²) in [6.07, 6.45) is 0. The van der Waals surface area contributed by atoms with E-state index in [-0.39, 0.29) is 5.91 Å². The van der Waals surface area contributed by atoms with Crippen LogP contribution in [0.3, 0.4) is 0 Å². The van der Waals surface area contributed by atoms with Crippen LogP contribution in [0.4, 0.5) is 0 Å². The number of rotatable bonds is 3. The first-order valence-electron chi connectivity index (χ1n) is 4.88. The Morgan fingerprint density at radius 1 is 1.40 bits per heavy atom. The molecule has 0 aromatic heterocycles. The molecule has 0 atom stereocenters. The lowest BCUT2D eigenvalue weighted by atomic mass is 10.2. The summed E-state index contributed by atoms with van der Waals surface area (Å²) in [5.74, 6) is 0.0394. The first-order valence-corrected chi connectivity index (χ1v) is 6.12. The lowest BCUT2D eigenvalue weighted by Crippen LogP contribution is -2.30. The van der Waals surface area contributed by atoms with Gasteiger partial charge in [0.05, 0.1) is 5.56 Å². The van der Waals surface area contributed by atoms with Gasteiger partial charge in [-0.2, -0.15) is 0 Å². The minimum atomic E-state index is 0.0394. The second kappa shape index (κ2) is 5.56. The van der Waals surface area contributed by atoms with E-state index in [9.17, 15) is 4.79 Å². The third-order valence-electron chi connectivity index (χ3n) is 2.24. The molecule has 0 aliphatic heterocycles. The van der Waals surface area contributed by atoms with Crippen LogP contribution in [0.1, 0.15) is 24.2 Å². The number of benzene rings is 1. The number of thiol groups is 1. The van der Waals surface area contributed by atoms with Crippen LogP contribution in [0, 0.1) is 0 Å². The molecule has 1 amide bonds. The van der Waals surface area contributed by atoms with Gasteiger partial charge in [-0.3, -0.25) is 4.79 Å². The van der Waals surface area contributed by atoms with Gasteiger partial charge in [0.15, 0.2) is 0 Å². The lowest BCUT2D eigenvalue weighted by molar-refractivity contribution is 0.0769. The number of carbonyl (C=O) groups excluding carboxylic acids is 1. The van der Waals surface area contributed by atoms with Crippen molar-refractivity contribution in [3.8, 4) is 0 Å². The molecule has 0 N–H and O–H groups in total. The van der Waals surface area contributed by atoms with Crippen LogP contribution >= 0.6 is 28.6 Å². The predicted octanol–water partition coefficient (Wildman–Crippen LogP) is 3.22. The van der Waals surface area contributed by atoms with Crippen molar-refractivity contribution in [3.05, 3.63) is 28.2 Å². The summed E-state index contributed by atoms with van der Waals surface area (Å²) in [6, 6.07) is 5.49. The van der Waals surface area contributed by atoms with Gasteiger partial charge in [-0.05, 0) is 32.0 Å². The van der Waals surface area contributed by atoms with Gasteiger partial charge in [0.2, 0.25) is 0 Å². The van der Waals surface area contributed by atoms with Gasteiger partial charge in [0.1, 0.15) is 0 Å². The summed E-state index contributed by atoms with van der Waals surface area (Å²) in [5.41, 5.74) is 0.658. The van der Waals surface area contributed by atoms with E-state index in [1.165, 1.54) is 0 Å². The van der Waals surface area contributed by atoms with E-state index in [4.69, 9.17) is 0 Å². The number of amides is 1. The molecule has 4 heteroatoms. The smallest absolute Gasteiger partial charge is 0.254 e. The molecule has 0 aliphatic rings. The van der Waals surface area contributed by atoms with Gasteiger partial charge in [0.25, 0.3) is 5.91 Å². The average Bonchev–Trinajstić information content (AvgIpc) is 2.19. The Kier molecular flexibility index (Phi) is 4.67. The third kappa shape index (κ3) is 2.98. The first-order chi connectivity index (χ1) is 7.10. The quantitative estimate of drug-likeness (QED) is 0.847. The number of hydrogen-bond donors (Lipinski definition) is 1. The van der Waals surface area contributed by atoms with E-state index in [1.807, 2.05) is 26.0 Å². The first kappa shape index (κ1) is 12.6. The second-order valence-corrected chi connectivity index (χ2v) is 4.54. The predicted molar refractivity (Wildman–Crippen MR) is 68.6 cm³/mol. The van der Waals surface area contributed by atoms with Crippen LogP contribution in [0.15, 0.2) is 27.6 Å². The van der Waals surface area contributed by atoms with Crippen molar-refractivity contribution in [2.75, 3.05) is 13.1 Å². The number of carbonyl (C=O) groups is 1. The molecule has 0 saturated heterocycles. The van der Waals surface area contributed by atoms with E-state index in [2.05, 4.69) is 28.6 Å². The Labute approximate surface area is 104 Å². The maximum atomic E-state index is 12.0. The number of hydrogen-bond acceptors (Lipinski definition) is 2. The van der Waals surface area contributed by atoms with Gasteiger partial charge in [0, 0.05) is 22.5 Å². The highest BCUT2D eigenvalue weighted by Crippen LogP contribution is 2.21. The van der Waals surface area contributed by atoms with Crippen LogP contribution in [-0.2, 0) is 0 Å². The Hall–Kier alpha value is -0.480. The third-order valence-corrected chi connectivity index (χ3v) is 3.10. The lowest BCUT2D eigenvalue weighted by Gasteiger charge is -2.19. The van der Waals surface area contributed by atoms with Crippen molar-refractivity contribution in [2.24, 2.45) is 0 Å². The number of halogens is 1. The maximum absolute atomic E-state index is 12.0. The molecule has 0 fully saturated rings. The highest BCUT2D eigenvalue weighted by atomic mass is 79.9. The Bertz CT molecular complexity index is 364. The summed E-state index contributed by atoms with van der Waals surface area (Å²) < 4.78 is 0.934. The summed E-state index contributed by atoms with van der Waals surface area (Å²) in [6.45, 7) is 5.38. The van der Waals surface area contributed by atoms with Crippen LogP contribution in [0.5, 0.6) is 0 Å². The van der Waals surface area contributed by atoms with Gasteiger partial charge in [-0.25, -0.2) is 0 Å². The Morgan fingerprint density at radius 3 is 2.47 bits per heavy atom. The number of nitrogens with zero attached hydrogens (tertiary/aromatic N) is 1. The largest absolute Gasteiger partial charge is 0.339 e. The van der Waals surface area contributed by atoms with Crippen molar-refractivity contribution in [3.63, 3.8) is 0 Å². The highest BCUT2D eigenvalue weighted by molar-refractivity contribution is 9.10. The molecule has 15 heavy (non-hydrogen) atoms. The second-order valence-electron chi connectivity index (χ2n) is 3.14. The molecule has 0 unspecified atom stereocenters. The van der Waals surface area contributed by atoms with E-state index in [1.54, 1.807) is 11.0 Å². The SMILES string of the molecule is CCN(CC)C(=O)c1ccc(Br)cc1S. The van der Waals surface area contributed by atoms with Crippen molar-refractivity contribution in [1.82, 2.24) is 4.90 Å². The van der Waals surface area contributed by atoms with Crippen LogP contribution in [0.25, 0.3) is 0 Å². The van der Waals surface area contributed by atoms with Crippen molar-refractivity contribution >= 4 is 34.5 Å². The topological polar surface area (TPSA) is 20.3 Å². The van der Waals surface area contributed by atoms with Gasteiger partial charge < -0.3 is 4.90 Å². The Morgan fingerprint density at radius 2 is 2.00 bits per heavy atom. The van der Waals surface area contributed by atoms with Crippen molar-refractivity contribution in [1.29, 1.82) is 0 Å². The fraction of sp³-hybridized carbons (Fsp3) is 0.364. The molecule has 0 spiro atoms. The molecular weight excluding hydrogens is 274 g/mol.